The molecule has 0 bridgehead atoms. The number of rotatable bonds is 3. The van der Waals surface area contributed by atoms with Gasteiger partial charge in [-0.2, -0.15) is 0 Å². The number of halogens is 2. The van der Waals surface area contributed by atoms with Gasteiger partial charge in [0.15, 0.2) is 9.49 Å². The number of nitro groups is 1. The highest BCUT2D eigenvalue weighted by molar-refractivity contribution is 8.15. The summed E-state index contributed by atoms with van der Waals surface area (Å²) in [4.78, 5) is 27.5. The van der Waals surface area contributed by atoms with Crippen LogP contribution in [-0.4, -0.2) is 22.2 Å². The Hall–Kier alpha value is -1.35. The molecule has 0 spiro atoms. The predicted octanol–water partition coefficient (Wildman–Crippen LogP) is 4.71. The average Bonchev–Trinajstić information content (AvgIpc) is 2.76. The fourth-order valence-electron chi connectivity index (χ4n) is 1.36. The van der Waals surface area contributed by atoms with Crippen LogP contribution >= 0.6 is 46.3 Å². The van der Waals surface area contributed by atoms with Crippen LogP contribution in [0, 0.1) is 10.1 Å². The maximum absolute atomic E-state index is 12.1. The molecule has 1 amide bonds. The molecular weight excluding hydrogens is 357 g/mol. The number of hydrogen-bond acceptors (Lipinski definition) is 6. The van der Waals surface area contributed by atoms with Gasteiger partial charge in [0.25, 0.3) is 10.9 Å². The molecule has 6 nitrogen and oxygen atoms in total. The van der Waals surface area contributed by atoms with E-state index in [1.807, 2.05) is 0 Å². The molecule has 0 radical (unpaired) electrons. The van der Waals surface area contributed by atoms with Crippen LogP contribution in [0.1, 0.15) is 0 Å². The molecule has 0 atom stereocenters. The van der Waals surface area contributed by atoms with Crippen molar-refractivity contribution in [2.24, 2.45) is 0 Å². The van der Waals surface area contributed by atoms with Crippen molar-refractivity contribution in [1.29, 1.82) is 0 Å². The number of non-ortho nitro benzene ring substituents is 1. The Balaban J connectivity index is 2.09. The topological polar surface area (TPSA) is 76.3 Å². The van der Waals surface area contributed by atoms with Gasteiger partial charge in [-0.05, 0) is 12.1 Å². The number of nitrogens with zero attached hydrogens (tertiary/aromatic N) is 3. The zero-order valence-corrected chi connectivity index (χ0v) is 13.6. The third-order valence-electron chi connectivity index (χ3n) is 2.42. The fraction of sp³-hybridized carbons (Fsp3) is 0.0909. The Morgan fingerprint density at radius 2 is 2.00 bits per heavy atom. The van der Waals surface area contributed by atoms with Crippen molar-refractivity contribution in [3.8, 4) is 0 Å². The first-order valence-electron chi connectivity index (χ1n) is 5.40. The second-order valence-electron chi connectivity index (χ2n) is 3.74. The van der Waals surface area contributed by atoms with E-state index in [9.17, 15) is 14.9 Å². The number of benzene rings is 1. The van der Waals surface area contributed by atoms with E-state index in [0.29, 0.717) is 14.4 Å². The molecule has 2 aromatic rings. The van der Waals surface area contributed by atoms with Gasteiger partial charge < -0.3 is 4.90 Å². The average molecular weight is 364 g/mol. The van der Waals surface area contributed by atoms with Crippen molar-refractivity contribution in [2.45, 2.75) is 4.34 Å². The van der Waals surface area contributed by atoms with Crippen LogP contribution in [0.3, 0.4) is 0 Å². The van der Waals surface area contributed by atoms with E-state index in [1.54, 1.807) is 7.05 Å². The molecule has 0 saturated heterocycles. The third-order valence-corrected chi connectivity index (χ3v) is 5.17. The number of carbonyl (C=O) groups is 1. The second kappa shape index (κ2) is 6.61. The number of hydrogen-bond donors (Lipinski definition) is 0. The van der Waals surface area contributed by atoms with Crippen LogP contribution in [0.25, 0.3) is 0 Å². The second-order valence-corrected chi connectivity index (χ2v) is 6.90. The van der Waals surface area contributed by atoms with E-state index in [2.05, 4.69) is 4.98 Å². The van der Waals surface area contributed by atoms with Crippen LogP contribution in [0.4, 0.5) is 16.2 Å². The van der Waals surface area contributed by atoms with Crippen molar-refractivity contribution in [3.63, 3.8) is 0 Å². The van der Waals surface area contributed by atoms with Crippen molar-refractivity contribution in [2.75, 3.05) is 11.9 Å². The third kappa shape index (κ3) is 3.85. The minimum atomic E-state index is -0.500. The number of carbonyl (C=O) groups excluding carboxylic acids is 1. The fourth-order valence-corrected chi connectivity index (χ4v) is 3.63. The lowest BCUT2D eigenvalue weighted by Gasteiger charge is -2.15. The number of nitro benzene ring substituents is 1. The molecule has 0 aliphatic carbocycles. The van der Waals surface area contributed by atoms with Gasteiger partial charge in [-0.3, -0.25) is 14.9 Å². The Labute approximate surface area is 137 Å². The standard InChI is InChI=1S/C11H7Cl2N3O3S2/c1-15(6-2-4-7(5-3-6)16(18)19)11(17)21-10-14-8(12)9(13)20-10/h2-5H,1H3. The maximum Gasteiger partial charge on any atom is 0.292 e. The summed E-state index contributed by atoms with van der Waals surface area (Å²) in [6.45, 7) is 0. The summed E-state index contributed by atoms with van der Waals surface area (Å²) in [5.41, 5.74) is 0.498. The highest BCUT2D eigenvalue weighted by Crippen LogP contribution is 2.35. The molecule has 0 unspecified atom stereocenters. The lowest BCUT2D eigenvalue weighted by atomic mass is 10.3. The van der Waals surface area contributed by atoms with Gasteiger partial charge in [0.1, 0.15) is 4.34 Å². The van der Waals surface area contributed by atoms with Gasteiger partial charge >= 0.3 is 0 Å². The summed E-state index contributed by atoms with van der Waals surface area (Å²) in [5.74, 6) is 0. The molecular formula is C11H7Cl2N3O3S2. The van der Waals surface area contributed by atoms with Gasteiger partial charge in [-0.15, -0.1) is 0 Å². The highest BCUT2D eigenvalue weighted by Gasteiger charge is 2.17. The van der Waals surface area contributed by atoms with E-state index in [4.69, 9.17) is 23.2 Å². The van der Waals surface area contributed by atoms with Gasteiger partial charge in [0.2, 0.25) is 0 Å². The van der Waals surface area contributed by atoms with Crippen molar-refractivity contribution < 1.29 is 9.72 Å². The van der Waals surface area contributed by atoms with Gasteiger partial charge in [-0.25, -0.2) is 4.98 Å². The van der Waals surface area contributed by atoms with E-state index in [0.717, 1.165) is 23.1 Å². The van der Waals surface area contributed by atoms with E-state index in [-0.39, 0.29) is 16.1 Å². The molecule has 1 aromatic carbocycles. The molecule has 0 saturated carbocycles. The van der Waals surface area contributed by atoms with Crippen molar-refractivity contribution in [1.82, 2.24) is 4.98 Å². The quantitative estimate of drug-likeness (QED) is 0.448. The summed E-state index contributed by atoms with van der Waals surface area (Å²) in [6, 6.07) is 5.67. The molecule has 2 rings (SSSR count). The first-order valence-corrected chi connectivity index (χ1v) is 7.79. The van der Waals surface area contributed by atoms with Crippen LogP contribution < -0.4 is 4.90 Å². The number of thiazole rings is 1. The van der Waals surface area contributed by atoms with Gasteiger partial charge in [0, 0.05) is 36.6 Å². The summed E-state index contributed by atoms with van der Waals surface area (Å²) < 4.78 is 0.758. The molecule has 110 valence electrons. The molecule has 0 aliphatic rings. The van der Waals surface area contributed by atoms with Gasteiger partial charge in [-0.1, -0.05) is 34.5 Å². The number of aromatic nitrogens is 1. The first-order chi connectivity index (χ1) is 9.88. The summed E-state index contributed by atoms with van der Waals surface area (Å²) in [6.07, 6.45) is 0. The molecule has 21 heavy (non-hydrogen) atoms. The Kier molecular flexibility index (Phi) is 5.04. The minimum Gasteiger partial charge on any atom is -0.306 e. The van der Waals surface area contributed by atoms with Crippen LogP contribution in [0.5, 0.6) is 0 Å². The molecule has 1 heterocycles. The van der Waals surface area contributed by atoms with E-state index >= 15 is 0 Å². The monoisotopic (exact) mass is 363 g/mol. The number of thioether (sulfide) groups is 1. The first kappa shape index (κ1) is 16.0. The normalized spacial score (nSPS) is 10.4. The lowest BCUT2D eigenvalue weighted by Crippen LogP contribution is -2.21. The molecule has 0 fully saturated rings. The number of anilines is 1. The predicted molar refractivity (Wildman–Crippen MR) is 84.9 cm³/mol. The smallest absolute Gasteiger partial charge is 0.292 e. The molecule has 10 heteroatoms. The summed E-state index contributed by atoms with van der Waals surface area (Å²) >= 11 is 13.5. The zero-order chi connectivity index (χ0) is 15.6. The highest BCUT2D eigenvalue weighted by atomic mass is 35.5. The molecule has 0 N–H and O–H groups in total. The van der Waals surface area contributed by atoms with Crippen LogP contribution in [0.2, 0.25) is 9.49 Å². The van der Waals surface area contributed by atoms with Crippen molar-refractivity contribution >= 4 is 62.9 Å². The summed E-state index contributed by atoms with van der Waals surface area (Å²) in [5, 5.41) is 10.4. The largest absolute Gasteiger partial charge is 0.306 e. The lowest BCUT2D eigenvalue weighted by molar-refractivity contribution is -0.384. The number of amides is 1. The van der Waals surface area contributed by atoms with Crippen LogP contribution in [0.15, 0.2) is 28.6 Å². The van der Waals surface area contributed by atoms with Gasteiger partial charge in [0.05, 0.1) is 4.92 Å². The van der Waals surface area contributed by atoms with Crippen molar-refractivity contribution in [3.05, 3.63) is 43.9 Å². The molecule has 0 aliphatic heterocycles. The van der Waals surface area contributed by atoms with E-state index in [1.165, 1.54) is 29.2 Å². The Morgan fingerprint density at radius 1 is 1.38 bits per heavy atom. The van der Waals surface area contributed by atoms with E-state index < -0.39 is 4.92 Å². The molecule has 1 aromatic heterocycles. The summed E-state index contributed by atoms with van der Waals surface area (Å²) in [7, 11) is 1.56. The maximum atomic E-state index is 12.1. The zero-order valence-electron chi connectivity index (χ0n) is 10.4. The SMILES string of the molecule is CN(C(=O)Sc1nc(Cl)c(Cl)s1)c1ccc([N+](=O)[O-])cc1. The minimum absolute atomic E-state index is 0.0364. The Bertz CT molecular complexity index is 671. The van der Waals surface area contributed by atoms with Crippen LogP contribution in [-0.2, 0) is 0 Å². The Morgan fingerprint density at radius 3 is 2.48 bits per heavy atom.